The van der Waals surface area contributed by atoms with Crippen LogP contribution in [-0.2, 0) is 4.52 Å². The zero-order valence-electron chi connectivity index (χ0n) is 6.62. The summed E-state index contributed by atoms with van der Waals surface area (Å²) in [4.78, 5) is 9.79. The van der Waals surface area contributed by atoms with Crippen molar-refractivity contribution in [2.75, 3.05) is 13.3 Å². The second-order valence-electron chi connectivity index (χ2n) is 3.10. The van der Waals surface area contributed by atoms with Crippen LogP contribution in [0.4, 0.5) is 0 Å². The van der Waals surface area contributed by atoms with Gasteiger partial charge in [0.25, 0.3) is 7.72 Å². The smallest absolute Gasteiger partial charge is 0.287 e. The van der Waals surface area contributed by atoms with Crippen molar-refractivity contribution in [2.45, 2.75) is 23.5 Å². The van der Waals surface area contributed by atoms with E-state index in [4.69, 9.17) is 4.52 Å². The molecule has 1 heterocycles. The van der Waals surface area contributed by atoms with Gasteiger partial charge in [0.05, 0.1) is 7.11 Å². The zero-order chi connectivity index (χ0) is 8.70. The van der Waals surface area contributed by atoms with Gasteiger partial charge >= 0.3 is 0 Å². The fourth-order valence-corrected chi connectivity index (χ4v) is 4.95. The van der Waals surface area contributed by atoms with Crippen molar-refractivity contribution in [1.82, 2.24) is 0 Å². The second kappa shape index (κ2) is 2.93. The van der Waals surface area contributed by atoms with Crippen LogP contribution in [-0.4, -0.2) is 33.4 Å². The summed E-state index contributed by atoms with van der Waals surface area (Å²) < 4.78 is 4.71. The van der Waals surface area contributed by atoms with Crippen LogP contribution in [0.15, 0.2) is 0 Å². The summed E-state index contributed by atoms with van der Waals surface area (Å²) in [5, 5.41) is 9.67. The molecule has 1 saturated heterocycles. The van der Waals surface area contributed by atoms with Gasteiger partial charge in [-0.25, -0.2) is 9.42 Å². The van der Waals surface area contributed by atoms with Gasteiger partial charge in [0.2, 0.25) is 4.57 Å². The first-order chi connectivity index (χ1) is 4.92. The highest BCUT2D eigenvalue weighted by molar-refractivity contribution is 9.10. The third kappa shape index (κ3) is 1.61. The summed E-state index contributed by atoms with van der Waals surface area (Å²) in [6.07, 6.45) is 1.17. The predicted molar refractivity (Wildman–Crippen MR) is 49.0 cm³/mol. The van der Waals surface area contributed by atoms with E-state index in [0.717, 1.165) is 0 Å². The fraction of sp³-hybridized carbons (Fsp3) is 1.00. The van der Waals surface area contributed by atoms with Gasteiger partial charge in [-0.15, -0.1) is 0 Å². The highest BCUT2D eigenvalue weighted by Gasteiger charge is 2.61. The number of rotatable bonds is 1. The monoisotopic (exact) mass is 243 g/mol. The summed E-state index contributed by atoms with van der Waals surface area (Å²) in [6, 6.07) is 0. The van der Waals surface area contributed by atoms with Gasteiger partial charge in [0.1, 0.15) is 11.8 Å². The molecule has 1 aliphatic heterocycles. The molecule has 0 saturated carbocycles. The summed E-state index contributed by atoms with van der Waals surface area (Å²) in [7, 11) is -0.857. The molecule has 0 aromatic rings. The third-order valence-corrected chi connectivity index (χ3v) is 7.79. The topological polar surface area (TPSA) is 49.7 Å². The first kappa shape index (κ1) is 9.87. The molecule has 0 bridgehead atoms. The zero-order valence-corrected chi connectivity index (χ0v) is 9.10. The molecular formula is C6H13BrO3P+. The van der Waals surface area contributed by atoms with Crippen LogP contribution in [0.5, 0.6) is 0 Å². The summed E-state index contributed by atoms with van der Waals surface area (Å²) in [5.41, 5.74) is -0.821. The molecule has 11 heavy (non-hydrogen) atoms. The maximum atomic E-state index is 9.79. The van der Waals surface area contributed by atoms with Gasteiger partial charge in [-0.05, 0) is 22.9 Å². The van der Waals surface area contributed by atoms with Gasteiger partial charge in [-0.3, -0.25) is 0 Å². The van der Waals surface area contributed by atoms with Crippen LogP contribution in [0.2, 0.25) is 0 Å². The van der Waals surface area contributed by atoms with Crippen molar-refractivity contribution < 1.29 is 14.5 Å². The molecule has 3 nitrogen and oxygen atoms in total. The predicted octanol–water partition coefficient (Wildman–Crippen LogP) is 1.35. The van der Waals surface area contributed by atoms with Crippen molar-refractivity contribution in [3.63, 3.8) is 0 Å². The standard InChI is InChI=1S/C6H13BrO3P/c1-6(8)3-4-11(9,10-2)5(6)7/h5,8-9H,3-4H2,1-2H3/q+1. The molecular weight excluding hydrogens is 231 g/mol. The molecule has 0 radical (unpaired) electrons. The van der Waals surface area contributed by atoms with Crippen LogP contribution in [0, 0.1) is 0 Å². The van der Waals surface area contributed by atoms with Crippen molar-refractivity contribution >= 4 is 23.6 Å². The van der Waals surface area contributed by atoms with E-state index in [9.17, 15) is 10.00 Å². The molecule has 3 unspecified atom stereocenters. The lowest BCUT2D eigenvalue weighted by Crippen LogP contribution is -2.30. The third-order valence-electron chi connectivity index (χ3n) is 2.12. The van der Waals surface area contributed by atoms with Crippen LogP contribution in [0.3, 0.4) is 0 Å². The second-order valence-corrected chi connectivity index (χ2v) is 7.57. The minimum atomic E-state index is -2.35. The van der Waals surface area contributed by atoms with Crippen LogP contribution < -0.4 is 0 Å². The lowest BCUT2D eigenvalue weighted by atomic mass is 10.1. The maximum absolute atomic E-state index is 9.79. The van der Waals surface area contributed by atoms with Crippen molar-refractivity contribution in [3.05, 3.63) is 0 Å². The number of hydrogen-bond donors (Lipinski definition) is 2. The minimum absolute atomic E-state index is 0.299. The molecule has 0 aromatic carbocycles. The Balaban J connectivity index is 2.78. The van der Waals surface area contributed by atoms with E-state index in [2.05, 4.69) is 15.9 Å². The Hall–Kier alpha value is 0.790. The van der Waals surface area contributed by atoms with E-state index in [1.54, 1.807) is 6.92 Å². The van der Waals surface area contributed by atoms with Gasteiger partial charge in [-0.1, -0.05) is 0 Å². The fourth-order valence-electron chi connectivity index (χ4n) is 1.24. The molecule has 1 fully saturated rings. The quantitative estimate of drug-likeness (QED) is 0.540. The van der Waals surface area contributed by atoms with Crippen LogP contribution in [0.25, 0.3) is 0 Å². The molecule has 66 valence electrons. The number of alkyl halides is 1. The summed E-state index contributed by atoms with van der Waals surface area (Å²) >= 11 is 3.27. The van der Waals surface area contributed by atoms with Gasteiger partial charge < -0.3 is 5.11 Å². The van der Waals surface area contributed by atoms with Crippen molar-refractivity contribution in [3.8, 4) is 0 Å². The van der Waals surface area contributed by atoms with Gasteiger partial charge in [0, 0.05) is 6.42 Å². The van der Waals surface area contributed by atoms with E-state index in [1.165, 1.54) is 7.11 Å². The Bertz CT molecular complexity index is 164. The number of aliphatic hydroxyl groups is 1. The number of hydrogen-bond acceptors (Lipinski definition) is 3. The normalized spacial score (nSPS) is 51.5. The Morgan fingerprint density at radius 1 is 1.73 bits per heavy atom. The largest absolute Gasteiger partial charge is 0.385 e. The lowest BCUT2D eigenvalue weighted by Gasteiger charge is -2.21. The van der Waals surface area contributed by atoms with Crippen molar-refractivity contribution in [2.24, 2.45) is 0 Å². The molecule has 1 rings (SSSR count). The first-order valence-corrected chi connectivity index (χ1v) is 6.28. The van der Waals surface area contributed by atoms with E-state index in [1.807, 2.05) is 0 Å². The van der Waals surface area contributed by atoms with Gasteiger partial charge in [-0.2, -0.15) is 0 Å². The Morgan fingerprint density at radius 3 is 2.45 bits per heavy atom. The molecule has 0 spiro atoms. The van der Waals surface area contributed by atoms with E-state index < -0.39 is 13.3 Å². The maximum Gasteiger partial charge on any atom is 0.287 e. The Labute approximate surface area is 75.4 Å². The minimum Gasteiger partial charge on any atom is -0.385 e. The lowest BCUT2D eigenvalue weighted by molar-refractivity contribution is 0.0805. The molecule has 5 heteroatoms. The molecule has 1 aliphatic rings. The van der Waals surface area contributed by atoms with E-state index >= 15 is 0 Å². The number of halogens is 1. The Kier molecular flexibility index (Phi) is 2.63. The molecule has 0 aliphatic carbocycles. The van der Waals surface area contributed by atoms with Crippen molar-refractivity contribution in [1.29, 1.82) is 0 Å². The van der Waals surface area contributed by atoms with Crippen LogP contribution in [0.1, 0.15) is 13.3 Å². The highest BCUT2D eigenvalue weighted by atomic mass is 79.9. The summed E-state index contributed by atoms with van der Waals surface area (Å²) in [6.45, 7) is 1.71. The molecule has 2 N–H and O–H groups in total. The van der Waals surface area contributed by atoms with Gasteiger partial charge in [0.15, 0.2) is 0 Å². The van der Waals surface area contributed by atoms with E-state index in [-0.39, 0.29) is 4.57 Å². The highest BCUT2D eigenvalue weighted by Crippen LogP contribution is 2.70. The molecule has 0 amide bonds. The Morgan fingerprint density at radius 2 is 2.27 bits per heavy atom. The van der Waals surface area contributed by atoms with Crippen LogP contribution >= 0.6 is 23.6 Å². The van der Waals surface area contributed by atoms with E-state index in [0.29, 0.717) is 12.6 Å². The SMILES string of the molecule is CO[P+]1(O)CCC(C)(O)C1Br. The molecule has 3 atom stereocenters. The summed E-state index contributed by atoms with van der Waals surface area (Å²) in [5.74, 6) is 0. The molecule has 0 aromatic heterocycles. The average Bonchev–Trinajstić information content (AvgIpc) is 2.16. The first-order valence-electron chi connectivity index (χ1n) is 3.45. The average molecular weight is 244 g/mol.